The van der Waals surface area contributed by atoms with Crippen molar-refractivity contribution in [3.8, 4) is 0 Å². The van der Waals surface area contributed by atoms with Gasteiger partial charge in [0.1, 0.15) is 0 Å². The summed E-state index contributed by atoms with van der Waals surface area (Å²) in [5.74, 6) is 0.0871. The van der Waals surface area contributed by atoms with Gasteiger partial charge in [0.25, 0.3) is 0 Å². The molecule has 1 aromatic carbocycles. The van der Waals surface area contributed by atoms with E-state index in [-0.39, 0.29) is 17.7 Å². The second-order valence-corrected chi connectivity index (χ2v) is 6.09. The van der Waals surface area contributed by atoms with Crippen molar-refractivity contribution in [1.29, 1.82) is 0 Å². The number of carbonyl (C=O) groups excluding carboxylic acids is 2. The molecule has 0 fully saturated rings. The summed E-state index contributed by atoms with van der Waals surface area (Å²) in [4.78, 5) is 25.8. The fraction of sp³-hybridized carbons (Fsp3) is 0.529. The van der Waals surface area contributed by atoms with Crippen LogP contribution in [-0.4, -0.2) is 30.9 Å². The summed E-state index contributed by atoms with van der Waals surface area (Å²) in [6.07, 6.45) is 1.99. The molecular weight excluding hydrogens is 278 g/mol. The average Bonchev–Trinajstić information content (AvgIpc) is 2.94. The van der Waals surface area contributed by atoms with Gasteiger partial charge in [0, 0.05) is 25.2 Å². The van der Waals surface area contributed by atoms with E-state index in [9.17, 15) is 9.59 Å². The van der Waals surface area contributed by atoms with Gasteiger partial charge in [-0.1, -0.05) is 32.0 Å². The number of hydrogen-bond donors (Lipinski definition) is 2. The summed E-state index contributed by atoms with van der Waals surface area (Å²) in [6.45, 7) is 5.07. The highest BCUT2D eigenvalue weighted by Gasteiger charge is 2.23. The first-order chi connectivity index (χ1) is 10.5. The average molecular weight is 303 g/mol. The molecule has 0 radical (unpaired) electrons. The Kier molecular flexibility index (Phi) is 5.55. The first-order valence-corrected chi connectivity index (χ1v) is 7.92. The maximum atomic E-state index is 12.3. The van der Waals surface area contributed by atoms with Crippen LogP contribution in [0.5, 0.6) is 0 Å². The number of benzene rings is 1. The van der Waals surface area contributed by atoms with Crippen LogP contribution in [0.2, 0.25) is 0 Å². The lowest BCUT2D eigenvalue weighted by Crippen LogP contribution is -2.44. The Balaban J connectivity index is 1.74. The van der Waals surface area contributed by atoms with Gasteiger partial charge in [0.05, 0.1) is 6.04 Å². The standard InChI is InChI=1S/C17H25N3O2/c1-12(2)16(18)17(22)19-10-5-8-15(21)20-11-9-13-6-3-4-7-14(13)20/h3-4,6-7,12,16H,5,8-11,18H2,1-2H3,(H,19,22)/t16-/m0/s1. The smallest absolute Gasteiger partial charge is 0.237 e. The summed E-state index contributed by atoms with van der Waals surface area (Å²) in [5.41, 5.74) is 8.02. The van der Waals surface area contributed by atoms with Crippen molar-refractivity contribution in [2.45, 2.75) is 39.2 Å². The van der Waals surface area contributed by atoms with Crippen LogP contribution in [0.1, 0.15) is 32.3 Å². The van der Waals surface area contributed by atoms with Gasteiger partial charge in [-0.05, 0) is 30.4 Å². The normalized spacial score (nSPS) is 14.8. The van der Waals surface area contributed by atoms with E-state index < -0.39 is 6.04 Å². The molecule has 1 heterocycles. The molecular formula is C17H25N3O2. The van der Waals surface area contributed by atoms with Crippen LogP contribution in [0.4, 0.5) is 5.69 Å². The molecule has 22 heavy (non-hydrogen) atoms. The second kappa shape index (κ2) is 7.40. The summed E-state index contributed by atoms with van der Waals surface area (Å²) >= 11 is 0. The zero-order chi connectivity index (χ0) is 16.1. The quantitative estimate of drug-likeness (QED) is 0.781. The number of nitrogens with zero attached hydrogens (tertiary/aromatic N) is 1. The Hall–Kier alpha value is -1.88. The molecule has 3 N–H and O–H groups in total. The molecule has 1 aliphatic heterocycles. The number of rotatable bonds is 6. The second-order valence-electron chi connectivity index (χ2n) is 6.09. The van der Waals surface area contributed by atoms with Crippen molar-refractivity contribution >= 4 is 17.5 Å². The molecule has 1 aromatic rings. The minimum Gasteiger partial charge on any atom is -0.355 e. The van der Waals surface area contributed by atoms with Crippen LogP contribution in [0.15, 0.2) is 24.3 Å². The summed E-state index contributed by atoms with van der Waals surface area (Å²) in [6, 6.07) is 7.53. The van der Waals surface area contributed by atoms with E-state index in [2.05, 4.69) is 11.4 Å². The molecule has 2 amide bonds. The molecule has 0 saturated carbocycles. The molecule has 0 aliphatic carbocycles. The zero-order valence-electron chi connectivity index (χ0n) is 13.3. The third-order valence-electron chi connectivity index (χ3n) is 4.08. The third kappa shape index (κ3) is 3.85. The third-order valence-corrected chi connectivity index (χ3v) is 4.08. The molecule has 0 saturated heterocycles. The highest BCUT2D eigenvalue weighted by Crippen LogP contribution is 2.27. The molecule has 120 valence electrons. The predicted molar refractivity (Wildman–Crippen MR) is 87.6 cm³/mol. The summed E-state index contributed by atoms with van der Waals surface area (Å²) in [5, 5.41) is 2.79. The van der Waals surface area contributed by atoms with Gasteiger partial charge in [-0.3, -0.25) is 9.59 Å². The zero-order valence-corrected chi connectivity index (χ0v) is 13.3. The van der Waals surface area contributed by atoms with Crippen molar-refractivity contribution in [1.82, 2.24) is 5.32 Å². The van der Waals surface area contributed by atoms with Crippen molar-refractivity contribution in [2.75, 3.05) is 18.0 Å². The SMILES string of the molecule is CC(C)[C@H](N)C(=O)NCCCC(=O)N1CCc2ccccc21. The van der Waals surface area contributed by atoms with Crippen LogP contribution in [0.3, 0.4) is 0 Å². The molecule has 2 rings (SSSR count). The minimum absolute atomic E-state index is 0.114. The molecule has 0 spiro atoms. The number of hydrogen-bond acceptors (Lipinski definition) is 3. The molecule has 5 heteroatoms. The van der Waals surface area contributed by atoms with E-state index in [1.165, 1.54) is 5.56 Å². The van der Waals surface area contributed by atoms with Crippen LogP contribution < -0.4 is 16.0 Å². The first-order valence-electron chi connectivity index (χ1n) is 7.92. The number of nitrogens with two attached hydrogens (primary N) is 1. The highest BCUT2D eigenvalue weighted by molar-refractivity contribution is 5.95. The highest BCUT2D eigenvalue weighted by atomic mass is 16.2. The van der Waals surface area contributed by atoms with E-state index in [0.29, 0.717) is 19.4 Å². The number of amides is 2. The number of anilines is 1. The number of nitrogens with one attached hydrogen (secondary N) is 1. The Morgan fingerprint density at radius 1 is 1.32 bits per heavy atom. The largest absolute Gasteiger partial charge is 0.355 e. The van der Waals surface area contributed by atoms with Crippen LogP contribution in [-0.2, 0) is 16.0 Å². The Morgan fingerprint density at radius 2 is 2.05 bits per heavy atom. The minimum atomic E-state index is -0.485. The molecule has 0 bridgehead atoms. The van der Waals surface area contributed by atoms with Crippen molar-refractivity contribution in [3.05, 3.63) is 29.8 Å². The number of carbonyl (C=O) groups is 2. The van der Waals surface area contributed by atoms with Crippen molar-refractivity contribution < 1.29 is 9.59 Å². The summed E-state index contributed by atoms with van der Waals surface area (Å²) < 4.78 is 0. The van der Waals surface area contributed by atoms with E-state index in [4.69, 9.17) is 5.73 Å². The molecule has 5 nitrogen and oxygen atoms in total. The van der Waals surface area contributed by atoms with Gasteiger partial charge < -0.3 is 16.0 Å². The van der Waals surface area contributed by atoms with E-state index in [1.807, 2.05) is 36.9 Å². The Morgan fingerprint density at radius 3 is 2.77 bits per heavy atom. The van der Waals surface area contributed by atoms with Gasteiger partial charge in [-0.15, -0.1) is 0 Å². The Labute approximate surface area is 131 Å². The molecule has 0 aromatic heterocycles. The fourth-order valence-corrected chi connectivity index (χ4v) is 2.60. The van der Waals surface area contributed by atoms with Gasteiger partial charge in [-0.2, -0.15) is 0 Å². The monoisotopic (exact) mass is 303 g/mol. The predicted octanol–water partition coefficient (Wildman–Crippen LogP) is 1.46. The van der Waals surface area contributed by atoms with E-state index in [0.717, 1.165) is 18.7 Å². The number of fused-ring (bicyclic) bond motifs is 1. The lowest BCUT2D eigenvalue weighted by molar-refractivity contribution is -0.123. The lowest BCUT2D eigenvalue weighted by atomic mass is 10.1. The topological polar surface area (TPSA) is 75.4 Å². The van der Waals surface area contributed by atoms with Crippen molar-refractivity contribution in [3.63, 3.8) is 0 Å². The van der Waals surface area contributed by atoms with Gasteiger partial charge >= 0.3 is 0 Å². The Bertz CT molecular complexity index is 542. The number of para-hydroxylation sites is 1. The molecule has 1 atom stereocenters. The van der Waals surface area contributed by atoms with Gasteiger partial charge in [-0.25, -0.2) is 0 Å². The van der Waals surface area contributed by atoms with Gasteiger partial charge in [0.15, 0.2) is 0 Å². The van der Waals surface area contributed by atoms with E-state index in [1.54, 1.807) is 0 Å². The maximum Gasteiger partial charge on any atom is 0.237 e. The summed E-state index contributed by atoms with van der Waals surface area (Å²) in [7, 11) is 0. The molecule has 0 unspecified atom stereocenters. The van der Waals surface area contributed by atoms with E-state index >= 15 is 0 Å². The maximum absolute atomic E-state index is 12.3. The van der Waals surface area contributed by atoms with Crippen LogP contribution in [0.25, 0.3) is 0 Å². The van der Waals surface area contributed by atoms with Gasteiger partial charge in [0.2, 0.25) is 11.8 Å². The lowest BCUT2D eigenvalue weighted by Gasteiger charge is -2.18. The van der Waals surface area contributed by atoms with Crippen molar-refractivity contribution in [2.24, 2.45) is 11.7 Å². The molecule has 1 aliphatic rings. The van der Waals surface area contributed by atoms with Crippen LogP contribution in [0, 0.1) is 5.92 Å². The fourth-order valence-electron chi connectivity index (χ4n) is 2.60. The first kappa shape index (κ1) is 16.5. The van der Waals surface area contributed by atoms with Crippen LogP contribution >= 0.6 is 0 Å².